The zero-order chi connectivity index (χ0) is 10.1. The van der Waals surface area contributed by atoms with Crippen LogP contribution in [0.15, 0.2) is 23.3 Å². The lowest BCUT2D eigenvalue weighted by Gasteiger charge is -2.07. The fourth-order valence-corrected chi connectivity index (χ4v) is 2.03. The van der Waals surface area contributed by atoms with Crippen LogP contribution in [0.4, 0.5) is 5.95 Å². The molecule has 4 nitrogen and oxygen atoms in total. The molecule has 0 amide bonds. The monoisotopic (exact) mass is 220 g/mol. The Morgan fingerprint density at radius 3 is 3.13 bits per heavy atom. The zero-order valence-corrected chi connectivity index (χ0v) is 9.07. The minimum Gasteiger partial charge on any atom is -0.353 e. The van der Waals surface area contributed by atoms with Gasteiger partial charge < -0.3 is 9.88 Å². The second kappa shape index (κ2) is 3.66. The van der Waals surface area contributed by atoms with Gasteiger partial charge in [0.1, 0.15) is 0 Å². The number of hydrogen-bond donors (Lipinski definition) is 1. The standard InChI is InChI=1S/C10H12N4S/c1-2-8(1)13-10-11-3-4-14(10)5-9-6-15-7-12-9/h3-4,6-8H,1-2,5H2,(H,11,13). The SMILES string of the molecule is c1cn(Cc2cscn2)c(NC2CC2)n1. The van der Waals surface area contributed by atoms with Crippen molar-refractivity contribution in [2.24, 2.45) is 0 Å². The smallest absolute Gasteiger partial charge is 0.203 e. The van der Waals surface area contributed by atoms with E-state index in [-0.39, 0.29) is 0 Å². The van der Waals surface area contributed by atoms with Gasteiger partial charge in [0.15, 0.2) is 0 Å². The largest absolute Gasteiger partial charge is 0.353 e. The quantitative estimate of drug-likeness (QED) is 0.856. The summed E-state index contributed by atoms with van der Waals surface area (Å²) in [6.45, 7) is 0.804. The molecule has 0 radical (unpaired) electrons. The number of imidazole rings is 1. The first-order chi connectivity index (χ1) is 7.42. The van der Waals surface area contributed by atoms with Crippen molar-refractivity contribution in [2.75, 3.05) is 5.32 Å². The molecule has 1 aliphatic rings. The van der Waals surface area contributed by atoms with Crippen LogP contribution in [0.25, 0.3) is 0 Å². The van der Waals surface area contributed by atoms with Crippen LogP contribution in [-0.2, 0) is 6.54 Å². The van der Waals surface area contributed by atoms with E-state index in [1.54, 1.807) is 11.3 Å². The molecule has 1 N–H and O–H groups in total. The maximum atomic E-state index is 4.30. The summed E-state index contributed by atoms with van der Waals surface area (Å²) in [6.07, 6.45) is 6.36. The van der Waals surface area contributed by atoms with Crippen molar-refractivity contribution >= 4 is 17.3 Å². The van der Waals surface area contributed by atoms with Gasteiger partial charge in [-0.25, -0.2) is 9.97 Å². The van der Waals surface area contributed by atoms with Crippen molar-refractivity contribution in [1.29, 1.82) is 0 Å². The normalized spacial score (nSPS) is 15.5. The van der Waals surface area contributed by atoms with Crippen molar-refractivity contribution < 1.29 is 0 Å². The Kier molecular flexibility index (Phi) is 2.17. The van der Waals surface area contributed by atoms with E-state index in [1.807, 2.05) is 17.9 Å². The number of nitrogens with zero attached hydrogens (tertiary/aromatic N) is 3. The molecule has 1 aliphatic carbocycles. The van der Waals surface area contributed by atoms with E-state index in [2.05, 4.69) is 25.2 Å². The number of anilines is 1. The lowest BCUT2D eigenvalue weighted by molar-refractivity contribution is 0.779. The Hall–Kier alpha value is -1.36. The van der Waals surface area contributed by atoms with Crippen LogP contribution in [-0.4, -0.2) is 20.6 Å². The van der Waals surface area contributed by atoms with E-state index in [9.17, 15) is 0 Å². The van der Waals surface area contributed by atoms with Crippen molar-refractivity contribution in [3.05, 3.63) is 29.0 Å². The molecule has 1 fully saturated rings. The van der Waals surface area contributed by atoms with Crippen molar-refractivity contribution in [2.45, 2.75) is 25.4 Å². The molecule has 0 atom stereocenters. The maximum Gasteiger partial charge on any atom is 0.203 e. The molecule has 0 bridgehead atoms. The minimum absolute atomic E-state index is 0.640. The maximum absolute atomic E-state index is 4.30. The summed E-state index contributed by atoms with van der Waals surface area (Å²) in [5.41, 5.74) is 2.96. The van der Waals surface area contributed by atoms with Crippen LogP contribution in [0.2, 0.25) is 0 Å². The predicted molar refractivity (Wildman–Crippen MR) is 60.1 cm³/mol. The topological polar surface area (TPSA) is 42.7 Å². The van der Waals surface area contributed by atoms with Crippen molar-refractivity contribution in [3.8, 4) is 0 Å². The highest BCUT2D eigenvalue weighted by atomic mass is 32.1. The van der Waals surface area contributed by atoms with Crippen LogP contribution in [0.1, 0.15) is 18.5 Å². The van der Waals surface area contributed by atoms with Gasteiger partial charge >= 0.3 is 0 Å². The third-order valence-corrected chi connectivity index (χ3v) is 3.08. The molecule has 2 aromatic rings. The Morgan fingerprint density at radius 2 is 2.40 bits per heavy atom. The van der Waals surface area contributed by atoms with Crippen LogP contribution in [0.3, 0.4) is 0 Å². The molecule has 1 saturated carbocycles. The molecule has 3 rings (SSSR count). The lowest BCUT2D eigenvalue weighted by Crippen LogP contribution is -2.09. The molecule has 2 heterocycles. The van der Waals surface area contributed by atoms with E-state index in [1.165, 1.54) is 12.8 Å². The highest BCUT2D eigenvalue weighted by Gasteiger charge is 2.22. The van der Waals surface area contributed by atoms with E-state index in [0.717, 1.165) is 18.2 Å². The van der Waals surface area contributed by atoms with Gasteiger partial charge in [-0.15, -0.1) is 11.3 Å². The van der Waals surface area contributed by atoms with E-state index >= 15 is 0 Å². The summed E-state index contributed by atoms with van der Waals surface area (Å²) < 4.78 is 2.10. The summed E-state index contributed by atoms with van der Waals surface area (Å²) in [5, 5.41) is 5.47. The van der Waals surface area contributed by atoms with E-state index < -0.39 is 0 Å². The first-order valence-electron chi connectivity index (χ1n) is 5.06. The molecule has 78 valence electrons. The summed E-state index contributed by atoms with van der Waals surface area (Å²) in [4.78, 5) is 8.57. The average molecular weight is 220 g/mol. The summed E-state index contributed by atoms with van der Waals surface area (Å²) >= 11 is 1.63. The number of nitrogens with one attached hydrogen (secondary N) is 1. The number of hydrogen-bond acceptors (Lipinski definition) is 4. The molecule has 5 heteroatoms. The Balaban J connectivity index is 1.75. The molecule has 0 unspecified atom stereocenters. The van der Waals surface area contributed by atoms with E-state index in [4.69, 9.17) is 0 Å². The molecular formula is C10H12N4S. The summed E-state index contributed by atoms with van der Waals surface area (Å²) in [6, 6.07) is 0.640. The van der Waals surface area contributed by atoms with Gasteiger partial charge in [0.05, 0.1) is 17.7 Å². The third-order valence-electron chi connectivity index (χ3n) is 2.44. The number of thiazole rings is 1. The number of aromatic nitrogens is 3. The fourth-order valence-electron chi connectivity index (χ4n) is 1.48. The fraction of sp³-hybridized carbons (Fsp3) is 0.400. The summed E-state index contributed by atoms with van der Waals surface area (Å²) in [7, 11) is 0. The zero-order valence-electron chi connectivity index (χ0n) is 8.26. The molecule has 0 saturated heterocycles. The minimum atomic E-state index is 0.640. The highest BCUT2D eigenvalue weighted by Crippen LogP contribution is 2.23. The van der Waals surface area contributed by atoms with Crippen LogP contribution in [0.5, 0.6) is 0 Å². The first-order valence-corrected chi connectivity index (χ1v) is 6.01. The predicted octanol–water partition coefficient (Wildman–Crippen LogP) is 1.96. The molecular weight excluding hydrogens is 208 g/mol. The van der Waals surface area contributed by atoms with Gasteiger partial charge in [-0.2, -0.15) is 0 Å². The van der Waals surface area contributed by atoms with Crippen LogP contribution in [0, 0.1) is 0 Å². The van der Waals surface area contributed by atoms with Gasteiger partial charge in [-0.1, -0.05) is 0 Å². The highest BCUT2D eigenvalue weighted by molar-refractivity contribution is 7.07. The van der Waals surface area contributed by atoms with Crippen LogP contribution >= 0.6 is 11.3 Å². The average Bonchev–Trinajstić information content (AvgIpc) is 2.75. The van der Waals surface area contributed by atoms with Crippen molar-refractivity contribution in [1.82, 2.24) is 14.5 Å². The van der Waals surface area contributed by atoms with E-state index in [0.29, 0.717) is 6.04 Å². The molecule has 0 spiro atoms. The number of rotatable bonds is 4. The third kappa shape index (κ3) is 2.02. The van der Waals surface area contributed by atoms with Gasteiger partial charge in [0, 0.05) is 23.8 Å². The van der Waals surface area contributed by atoms with Crippen molar-refractivity contribution in [3.63, 3.8) is 0 Å². The molecule has 15 heavy (non-hydrogen) atoms. The molecule has 0 aromatic carbocycles. The molecule has 2 aromatic heterocycles. The van der Waals surface area contributed by atoms with Crippen LogP contribution < -0.4 is 5.32 Å². The summed E-state index contributed by atoms with van der Waals surface area (Å²) in [5.74, 6) is 0.963. The Bertz CT molecular complexity index is 430. The Morgan fingerprint density at radius 1 is 1.47 bits per heavy atom. The van der Waals surface area contributed by atoms with Gasteiger partial charge in [0.2, 0.25) is 5.95 Å². The lowest BCUT2D eigenvalue weighted by atomic mass is 10.5. The Labute approximate surface area is 92.0 Å². The first kappa shape index (κ1) is 8.91. The second-order valence-corrected chi connectivity index (χ2v) is 4.50. The van der Waals surface area contributed by atoms with Gasteiger partial charge in [-0.05, 0) is 12.8 Å². The molecule has 0 aliphatic heterocycles. The van der Waals surface area contributed by atoms with Gasteiger partial charge in [-0.3, -0.25) is 0 Å². The second-order valence-electron chi connectivity index (χ2n) is 3.78. The van der Waals surface area contributed by atoms with Gasteiger partial charge in [0.25, 0.3) is 0 Å².